The number of amides is 1. The van der Waals surface area contributed by atoms with Crippen LogP contribution in [0.3, 0.4) is 0 Å². The highest BCUT2D eigenvalue weighted by Crippen LogP contribution is 2.21. The average molecular weight is 351 g/mol. The summed E-state index contributed by atoms with van der Waals surface area (Å²) in [4.78, 5) is 17.2. The number of rotatable bonds is 5. The zero-order valence-electron chi connectivity index (χ0n) is 14.7. The summed E-state index contributed by atoms with van der Waals surface area (Å²) in [6.07, 6.45) is -2.02. The lowest BCUT2D eigenvalue weighted by molar-refractivity contribution is -0.159. The van der Waals surface area contributed by atoms with Crippen LogP contribution in [0.4, 0.5) is 13.2 Å². The van der Waals surface area contributed by atoms with Crippen molar-refractivity contribution in [2.75, 3.05) is 46.3 Å². The van der Waals surface area contributed by atoms with Crippen molar-refractivity contribution >= 4 is 5.91 Å². The van der Waals surface area contributed by atoms with E-state index in [1.54, 1.807) is 0 Å². The second-order valence-corrected chi connectivity index (χ2v) is 7.11. The number of hydrogen-bond acceptors (Lipinski definition) is 4. The maximum absolute atomic E-state index is 12.4. The lowest BCUT2D eigenvalue weighted by atomic mass is 10.1. The second-order valence-electron chi connectivity index (χ2n) is 7.11. The maximum atomic E-state index is 12.4. The highest BCUT2D eigenvalue weighted by Gasteiger charge is 2.34. The molecule has 2 rings (SSSR count). The van der Waals surface area contributed by atoms with Gasteiger partial charge in [0.25, 0.3) is 0 Å². The van der Waals surface area contributed by atoms with Crippen molar-refractivity contribution in [3.05, 3.63) is 0 Å². The molecule has 0 spiro atoms. The molecule has 8 heteroatoms. The van der Waals surface area contributed by atoms with Gasteiger partial charge in [-0.05, 0) is 33.2 Å². The molecule has 0 aromatic heterocycles. The number of ether oxygens (including phenoxy) is 1. The van der Waals surface area contributed by atoms with Crippen molar-refractivity contribution in [3.8, 4) is 0 Å². The Morgan fingerprint density at radius 2 is 1.88 bits per heavy atom. The van der Waals surface area contributed by atoms with E-state index in [0.29, 0.717) is 0 Å². The van der Waals surface area contributed by atoms with Gasteiger partial charge in [-0.3, -0.25) is 14.6 Å². The monoisotopic (exact) mass is 351 g/mol. The Morgan fingerprint density at radius 3 is 2.46 bits per heavy atom. The Bertz CT molecular complexity index is 423. The summed E-state index contributed by atoms with van der Waals surface area (Å²) in [5, 5.41) is 0. The van der Waals surface area contributed by atoms with Crippen molar-refractivity contribution in [2.24, 2.45) is 0 Å². The number of hydrogen-bond donors (Lipinski definition) is 0. The molecule has 0 bridgehead atoms. The van der Waals surface area contributed by atoms with Gasteiger partial charge in [0.05, 0.1) is 18.8 Å². The molecule has 140 valence electrons. The second kappa shape index (κ2) is 8.01. The number of carbonyl (C=O) groups is 1. The zero-order chi connectivity index (χ0) is 17.9. The first-order chi connectivity index (χ1) is 11.1. The summed E-state index contributed by atoms with van der Waals surface area (Å²) >= 11 is 0. The number of likely N-dealkylation sites (tertiary alicyclic amines) is 1. The van der Waals surface area contributed by atoms with E-state index in [2.05, 4.69) is 4.90 Å². The standard InChI is InChI=1S/C16H28F3N3O2/c1-12-7-21(8-13(2)24-12)9-14-5-4-6-22(14)10-15(23)20(3)11-16(17,18)19/h12-14H,4-11H2,1-3H3. The molecule has 0 aromatic carbocycles. The fourth-order valence-electron chi connectivity index (χ4n) is 3.69. The van der Waals surface area contributed by atoms with Gasteiger partial charge in [-0.25, -0.2) is 0 Å². The van der Waals surface area contributed by atoms with Crippen LogP contribution in [0.15, 0.2) is 0 Å². The van der Waals surface area contributed by atoms with Crippen LogP contribution in [0.2, 0.25) is 0 Å². The lowest BCUT2D eigenvalue weighted by Gasteiger charge is -2.38. The Hall–Kier alpha value is -0.860. The molecule has 2 fully saturated rings. The van der Waals surface area contributed by atoms with Gasteiger partial charge in [0.2, 0.25) is 5.91 Å². The van der Waals surface area contributed by atoms with Crippen LogP contribution in [-0.2, 0) is 9.53 Å². The predicted octanol–water partition coefficient (Wildman–Crippen LogP) is 1.58. The Kier molecular flexibility index (Phi) is 6.50. The molecular weight excluding hydrogens is 323 g/mol. The third-order valence-corrected chi connectivity index (χ3v) is 4.64. The number of nitrogens with zero attached hydrogens (tertiary/aromatic N) is 3. The molecule has 3 unspecified atom stereocenters. The summed E-state index contributed by atoms with van der Waals surface area (Å²) in [7, 11) is 1.21. The number of halogens is 3. The normalized spacial score (nSPS) is 29.8. The van der Waals surface area contributed by atoms with Crippen molar-refractivity contribution in [1.29, 1.82) is 0 Å². The fraction of sp³-hybridized carbons (Fsp3) is 0.938. The van der Waals surface area contributed by atoms with Crippen LogP contribution in [0, 0.1) is 0 Å². The summed E-state index contributed by atoms with van der Waals surface area (Å²) in [5.74, 6) is -0.470. The van der Waals surface area contributed by atoms with Gasteiger partial charge in [-0.2, -0.15) is 13.2 Å². The highest BCUT2D eigenvalue weighted by atomic mass is 19.4. The smallest absolute Gasteiger partial charge is 0.373 e. The fourth-order valence-corrected chi connectivity index (χ4v) is 3.69. The van der Waals surface area contributed by atoms with Crippen LogP contribution in [-0.4, -0.2) is 91.3 Å². The van der Waals surface area contributed by atoms with E-state index in [0.717, 1.165) is 43.9 Å². The molecule has 0 radical (unpaired) electrons. The van der Waals surface area contributed by atoms with Crippen molar-refractivity contribution < 1.29 is 22.7 Å². The molecule has 0 N–H and O–H groups in total. The molecule has 2 aliphatic heterocycles. The van der Waals surface area contributed by atoms with Gasteiger partial charge >= 0.3 is 6.18 Å². The first kappa shape index (κ1) is 19.5. The molecule has 5 nitrogen and oxygen atoms in total. The van der Waals surface area contributed by atoms with Crippen molar-refractivity contribution in [2.45, 2.75) is 51.1 Å². The molecule has 0 aliphatic carbocycles. The quantitative estimate of drug-likeness (QED) is 0.754. The molecule has 0 aromatic rings. The first-order valence-corrected chi connectivity index (χ1v) is 8.56. The first-order valence-electron chi connectivity index (χ1n) is 8.56. The van der Waals surface area contributed by atoms with E-state index >= 15 is 0 Å². The average Bonchev–Trinajstić information content (AvgIpc) is 2.82. The minimum Gasteiger partial charge on any atom is -0.373 e. The minimum absolute atomic E-state index is 0.0622. The molecule has 2 heterocycles. The van der Waals surface area contributed by atoms with Gasteiger partial charge < -0.3 is 9.64 Å². The van der Waals surface area contributed by atoms with E-state index in [9.17, 15) is 18.0 Å². The summed E-state index contributed by atoms with van der Waals surface area (Å²) < 4.78 is 43.0. The lowest BCUT2D eigenvalue weighted by Crippen LogP contribution is -2.51. The number of morpholine rings is 1. The van der Waals surface area contributed by atoms with Gasteiger partial charge in [-0.15, -0.1) is 0 Å². The Morgan fingerprint density at radius 1 is 1.25 bits per heavy atom. The molecule has 24 heavy (non-hydrogen) atoms. The van der Waals surface area contributed by atoms with Crippen LogP contribution in [0.1, 0.15) is 26.7 Å². The third kappa shape index (κ3) is 5.89. The summed E-state index contributed by atoms with van der Waals surface area (Å²) in [5.41, 5.74) is 0. The van der Waals surface area contributed by atoms with Crippen LogP contribution < -0.4 is 0 Å². The minimum atomic E-state index is -4.35. The van der Waals surface area contributed by atoms with Crippen LogP contribution >= 0.6 is 0 Å². The SMILES string of the molecule is CC1CN(CC2CCCN2CC(=O)N(C)CC(F)(F)F)CC(C)O1. The van der Waals surface area contributed by atoms with E-state index in [1.165, 1.54) is 7.05 Å². The number of carbonyl (C=O) groups excluding carboxylic acids is 1. The Labute approximate surface area is 141 Å². The van der Waals surface area contributed by atoms with E-state index in [4.69, 9.17) is 4.74 Å². The van der Waals surface area contributed by atoms with Gasteiger partial charge in [0.1, 0.15) is 6.54 Å². The van der Waals surface area contributed by atoms with E-state index in [1.807, 2.05) is 18.7 Å². The molecule has 0 saturated carbocycles. The maximum Gasteiger partial charge on any atom is 0.406 e. The summed E-state index contributed by atoms with van der Waals surface area (Å²) in [6, 6.07) is 0.228. The van der Waals surface area contributed by atoms with Crippen LogP contribution in [0.25, 0.3) is 0 Å². The molecule has 3 atom stereocenters. The molecule has 2 saturated heterocycles. The van der Waals surface area contributed by atoms with Crippen molar-refractivity contribution in [3.63, 3.8) is 0 Å². The molecular formula is C16H28F3N3O2. The molecule has 1 amide bonds. The predicted molar refractivity (Wildman–Crippen MR) is 84.7 cm³/mol. The van der Waals surface area contributed by atoms with Crippen LogP contribution in [0.5, 0.6) is 0 Å². The topological polar surface area (TPSA) is 36.0 Å². The van der Waals surface area contributed by atoms with Gasteiger partial charge in [0, 0.05) is 32.7 Å². The zero-order valence-corrected chi connectivity index (χ0v) is 14.7. The van der Waals surface area contributed by atoms with Gasteiger partial charge in [0.15, 0.2) is 0 Å². The van der Waals surface area contributed by atoms with E-state index < -0.39 is 18.6 Å². The van der Waals surface area contributed by atoms with Crippen molar-refractivity contribution in [1.82, 2.24) is 14.7 Å². The number of likely N-dealkylation sites (N-methyl/N-ethyl adjacent to an activating group) is 1. The highest BCUT2D eigenvalue weighted by molar-refractivity contribution is 5.78. The summed E-state index contributed by atoms with van der Waals surface area (Å²) in [6.45, 7) is 6.29. The molecule has 2 aliphatic rings. The largest absolute Gasteiger partial charge is 0.406 e. The van der Waals surface area contributed by atoms with Gasteiger partial charge in [-0.1, -0.05) is 0 Å². The third-order valence-electron chi connectivity index (χ3n) is 4.64. The number of alkyl halides is 3. The van der Waals surface area contributed by atoms with E-state index in [-0.39, 0.29) is 24.8 Å². The Balaban J connectivity index is 1.85.